The van der Waals surface area contributed by atoms with E-state index in [0.29, 0.717) is 25.7 Å². The summed E-state index contributed by atoms with van der Waals surface area (Å²) in [6.07, 6.45) is 0.908. The number of hydrogen-bond donors (Lipinski definition) is 2. The Morgan fingerprint density at radius 3 is 2.59 bits per heavy atom. The van der Waals surface area contributed by atoms with Gasteiger partial charge in [-0.15, -0.1) is 0 Å². The lowest BCUT2D eigenvalue weighted by Crippen LogP contribution is -2.56. The molecule has 32 heavy (non-hydrogen) atoms. The summed E-state index contributed by atoms with van der Waals surface area (Å²) in [6.45, 7) is 5.05. The molecule has 0 saturated carbocycles. The number of urea groups is 1. The van der Waals surface area contributed by atoms with Crippen LogP contribution in [0.1, 0.15) is 31.9 Å². The fraction of sp³-hybridized carbons (Fsp3) is 0.435. The van der Waals surface area contributed by atoms with Gasteiger partial charge in [0.1, 0.15) is 17.7 Å². The van der Waals surface area contributed by atoms with Crippen molar-refractivity contribution in [2.45, 2.75) is 38.8 Å². The van der Waals surface area contributed by atoms with Crippen molar-refractivity contribution in [1.29, 1.82) is 0 Å². The van der Waals surface area contributed by atoms with Crippen LogP contribution in [0.4, 0.5) is 19.3 Å². The zero-order valence-electron chi connectivity index (χ0n) is 18.0. The molecule has 1 aromatic heterocycles. The lowest BCUT2D eigenvalue weighted by Gasteiger charge is -2.43. The second-order valence-electron chi connectivity index (χ2n) is 8.89. The first-order valence-electron chi connectivity index (χ1n) is 10.7. The van der Waals surface area contributed by atoms with Crippen molar-refractivity contribution >= 4 is 17.6 Å². The van der Waals surface area contributed by atoms with Crippen LogP contribution in [-0.4, -0.2) is 40.5 Å². The van der Waals surface area contributed by atoms with E-state index in [9.17, 15) is 23.2 Å². The van der Waals surface area contributed by atoms with Crippen LogP contribution in [0.2, 0.25) is 0 Å². The maximum atomic E-state index is 13.9. The normalized spacial score (nSPS) is 20.5. The zero-order chi connectivity index (χ0) is 23.0. The van der Waals surface area contributed by atoms with Gasteiger partial charge in [0, 0.05) is 43.4 Å². The average molecular weight is 444 g/mol. The third-order valence-electron chi connectivity index (χ3n) is 6.18. The highest BCUT2D eigenvalue weighted by Gasteiger charge is 2.37. The largest absolute Gasteiger partial charge is 0.326 e. The van der Waals surface area contributed by atoms with Gasteiger partial charge < -0.3 is 20.1 Å². The van der Waals surface area contributed by atoms with Crippen LogP contribution in [0.25, 0.3) is 0 Å². The molecule has 3 amide bonds. The average Bonchev–Trinajstić information content (AvgIpc) is 2.74. The second-order valence-corrected chi connectivity index (χ2v) is 8.89. The van der Waals surface area contributed by atoms with E-state index in [0.717, 1.165) is 24.2 Å². The summed E-state index contributed by atoms with van der Waals surface area (Å²) >= 11 is 0. The SMILES string of the molecule is CC(C)[C@H](NC(=O)N1C[C@H]2C[C@@H](C1)c1cccc(=O)n1C2)C(=O)Nc1ccc(F)cc1F. The lowest BCUT2D eigenvalue weighted by atomic mass is 9.83. The summed E-state index contributed by atoms with van der Waals surface area (Å²) < 4.78 is 28.9. The Hall–Kier alpha value is -3.23. The summed E-state index contributed by atoms with van der Waals surface area (Å²) in [6, 6.07) is 6.82. The van der Waals surface area contributed by atoms with E-state index in [-0.39, 0.29) is 35.0 Å². The fourth-order valence-corrected chi connectivity index (χ4v) is 4.62. The lowest BCUT2D eigenvalue weighted by molar-refractivity contribution is -0.118. The summed E-state index contributed by atoms with van der Waals surface area (Å²) in [4.78, 5) is 39.7. The Morgan fingerprint density at radius 1 is 1.09 bits per heavy atom. The number of carbonyl (C=O) groups is 2. The molecule has 0 aliphatic carbocycles. The number of fused-ring (bicyclic) bond motifs is 4. The molecule has 3 heterocycles. The Labute approximate surface area is 184 Å². The van der Waals surface area contributed by atoms with Gasteiger partial charge in [-0.2, -0.15) is 0 Å². The minimum absolute atomic E-state index is 0.0281. The van der Waals surface area contributed by atoms with E-state index < -0.39 is 23.6 Å². The maximum absolute atomic E-state index is 13.9. The van der Waals surface area contributed by atoms with Crippen LogP contribution < -0.4 is 16.2 Å². The van der Waals surface area contributed by atoms with Crippen LogP contribution in [0.3, 0.4) is 0 Å². The van der Waals surface area contributed by atoms with Crippen molar-refractivity contribution in [1.82, 2.24) is 14.8 Å². The number of piperidine rings is 1. The highest BCUT2D eigenvalue weighted by molar-refractivity contribution is 5.97. The molecular weight excluding hydrogens is 418 g/mol. The van der Waals surface area contributed by atoms with Crippen molar-refractivity contribution < 1.29 is 18.4 Å². The Bertz CT molecular complexity index is 1100. The second kappa shape index (κ2) is 8.72. The molecule has 170 valence electrons. The van der Waals surface area contributed by atoms with E-state index in [1.54, 1.807) is 35.4 Å². The summed E-state index contributed by atoms with van der Waals surface area (Å²) in [5.41, 5.74) is 0.752. The first-order valence-corrected chi connectivity index (χ1v) is 10.7. The van der Waals surface area contributed by atoms with Gasteiger partial charge >= 0.3 is 6.03 Å². The number of hydrogen-bond acceptors (Lipinski definition) is 3. The highest BCUT2D eigenvalue weighted by Crippen LogP contribution is 2.35. The number of nitrogens with one attached hydrogen (secondary N) is 2. The molecule has 1 aromatic carbocycles. The molecule has 9 heteroatoms. The standard InChI is InChI=1S/C23H26F2N4O3/c1-13(2)21(22(31)26-18-7-6-16(24)9-17(18)25)27-23(32)28-10-14-8-15(12-28)19-4-3-5-20(30)29(19)11-14/h3-7,9,13-15,21H,8,10-12H2,1-2H3,(H,26,31)(H,27,32)/t14-,15+,21+/m1/s1. The summed E-state index contributed by atoms with van der Waals surface area (Å²) in [7, 11) is 0. The predicted molar refractivity (Wildman–Crippen MR) is 115 cm³/mol. The summed E-state index contributed by atoms with van der Waals surface area (Å²) in [5, 5.41) is 5.21. The summed E-state index contributed by atoms with van der Waals surface area (Å²) in [5.74, 6) is -2.24. The molecule has 1 saturated heterocycles. The van der Waals surface area contributed by atoms with Gasteiger partial charge in [0.25, 0.3) is 5.56 Å². The molecule has 0 spiro atoms. The van der Waals surface area contributed by atoms with Crippen molar-refractivity contribution in [2.24, 2.45) is 11.8 Å². The topological polar surface area (TPSA) is 83.4 Å². The first-order chi connectivity index (χ1) is 15.2. The van der Waals surface area contributed by atoms with Gasteiger partial charge in [-0.1, -0.05) is 19.9 Å². The molecule has 1 fully saturated rings. The van der Waals surface area contributed by atoms with E-state index in [4.69, 9.17) is 0 Å². The molecule has 7 nitrogen and oxygen atoms in total. The number of benzene rings is 1. The number of amides is 3. The smallest absolute Gasteiger partial charge is 0.318 e. The fourth-order valence-electron chi connectivity index (χ4n) is 4.62. The van der Waals surface area contributed by atoms with Gasteiger partial charge in [-0.3, -0.25) is 9.59 Å². The Balaban J connectivity index is 1.45. The maximum Gasteiger partial charge on any atom is 0.318 e. The number of aromatic nitrogens is 1. The quantitative estimate of drug-likeness (QED) is 0.761. The number of rotatable bonds is 4. The van der Waals surface area contributed by atoms with Crippen LogP contribution in [-0.2, 0) is 11.3 Å². The van der Waals surface area contributed by atoms with Gasteiger partial charge in [0.2, 0.25) is 5.91 Å². The van der Waals surface area contributed by atoms with Gasteiger partial charge in [0.05, 0.1) is 5.69 Å². The highest BCUT2D eigenvalue weighted by atomic mass is 19.1. The van der Waals surface area contributed by atoms with Crippen molar-refractivity contribution in [3.63, 3.8) is 0 Å². The molecule has 4 rings (SSSR count). The minimum Gasteiger partial charge on any atom is -0.326 e. The van der Waals surface area contributed by atoms with Crippen molar-refractivity contribution in [3.8, 4) is 0 Å². The zero-order valence-corrected chi connectivity index (χ0v) is 18.0. The number of nitrogens with zero attached hydrogens (tertiary/aromatic N) is 2. The van der Waals surface area contributed by atoms with Crippen LogP contribution in [0, 0.1) is 23.5 Å². The molecule has 2 aliphatic rings. The van der Waals surface area contributed by atoms with Crippen LogP contribution in [0.5, 0.6) is 0 Å². The van der Waals surface area contributed by atoms with Gasteiger partial charge in [-0.05, 0) is 36.5 Å². The molecule has 0 unspecified atom stereocenters. The molecule has 2 N–H and O–H groups in total. The number of likely N-dealkylation sites (tertiary alicyclic amines) is 1. The predicted octanol–water partition coefficient (Wildman–Crippen LogP) is 2.92. The van der Waals surface area contributed by atoms with Crippen molar-refractivity contribution in [3.05, 3.63) is 64.1 Å². The number of halogens is 2. The first kappa shape index (κ1) is 22.0. The third-order valence-corrected chi connectivity index (χ3v) is 6.18. The van der Waals surface area contributed by atoms with Crippen molar-refractivity contribution in [2.75, 3.05) is 18.4 Å². The molecule has 3 atom stereocenters. The Morgan fingerprint density at radius 2 is 1.88 bits per heavy atom. The van der Waals surface area contributed by atoms with Crippen LogP contribution >= 0.6 is 0 Å². The minimum atomic E-state index is -0.899. The molecule has 2 bridgehead atoms. The molecular formula is C23H26F2N4O3. The van der Waals surface area contributed by atoms with Gasteiger partial charge in [-0.25, -0.2) is 13.6 Å². The van der Waals surface area contributed by atoms with E-state index in [1.807, 2.05) is 6.07 Å². The van der Waals surface area contributed by atoms with Gasteiger partial charge in [0.15, 0.2) is 0 Å². The number of pyridine rings is 1. The number of carbonyl (C=O) groups excluding carboxylic acids is 2. The van der Waals surface area contributed by atoms with Crippen LogP contribution in [0.15, 0.2) is 41.2 Å². The molecule has 2 aliphatic heterocycles. The Kier molecular flexibility index (Phi) is 5.99. The number of anilines is 1. The molecule has 2 aromatic rings. The van der Waals surface area contributed by atoms with E-state index >= 15 is 0 Å². The van der Waals surface area contributed by atoms with E-state index in [2.05, 4.69) is 10.6 Å². The molecule has 0 radical (unpaired) electrons. The monoisotopic (exact) mass is 444 g/mol. The van der Waals surface area contributed by atoms with E-state index in [1.165, 1.54) is 0 Å². The third kappa shape index (κ3) is 4.37.